The zero-order valence-corrected chi connectivity index (χ0v) is 13.2. The van der Waals surface area contributed by atoms with Gasteiger partial charge in [0, 0.05) is 23.3 Å². The van der Waals surface area contributed by atoms with Crippen molar-refractivity contribution in [1.82, 2.24) is 4.98 Å². The molecule has 4 rings (SSSR count). The molecule has 1 aliphatic heterocycles. The average Bonchev–Trinajstić information content (AvgIpc) is 2.89. The summed E-state index contributed by atoms with van der Waals surface area (Å²) < 4.78 is 0. The third kappa shape index (κ3) is 2.48. The SMILES string of the molecule is CC(Cc1cccnc1)Cc1ccc2c3c(cccc13)C(N)=N2. The van der Waals surface area contributed by atoms with Crippen molar-refractivity contribution in [2.75, 3.05) is 0 Å². The van der Waals surface area contributed by atoms with E-state index in [0.29, 0.717) is 11.8 Å². The van der Waals surface area contributed by atoms with Crippen LogP contribution in [0.25, 0.3) is 10.8 Å². The van der Waals surface area contributed by atoms with E-state index in [2.05, 4.69) is 53.3 Å². The summed E-state index contributed by atoms with van der Waals surface area (Å²) >= 11 is 0. The van der Waals surface area contributed by atoms with E-state index in [9.17, 15) is 0 Å². The maximum absolute atomic E-state index is 6.04. The van der Waals surface area contributed by atoms with E-state index in [1.165, 1.54) is 21.9 Å². The predicted octanol–water partition coefficient (Wildman–Crippen LogP) is 4.01. The van der Waals surface area contributed by atoms with Crippen molar-refractivity contribution in [1.29, 1.82) is 0 Å². The molecule has 0 spiro atoms. The first-order valence-corrected chi connectivity index (χ1v) is 8.00. The topological polar surface area (TPSA) is 51.3 Å². The second-order valence-corrected chi connectivity index (χ2v) is 6.34. The van der Waals surface area contributed by atoms with E-state index in [-0.39, 0.29) is 0 Å². The molecule has 3 heteroatoms. The van der Waals surface area contributed by atoms with Gasteiger partial charge in [-0.1, -0.05) is 37.3 Å². The van der Waals surface area contributed by atoms with Crippen molar-refractivity contribution in [3.05, 3.63) is 71.5 Å². The average molecular weight is 301 g/mol. The number of amidine groups is 1. The lowest BCUT2D eigenvalue weighted by atomic mass is 9.91. The maximum Gasteiger partial charge on any atom is 0.132 e. The van der Waals surface area contributed by atoms with Crippen LogP contribution in [0.3, 0.4) is 0 Å². The molecule has 3 aromatic rings. The lowest BCUT2D eigenvalue weighted by Crippen LogP contribution is -2.10. The summed E-state index contributed by atoms with van der Waals surface area (Å²) in [4.78, 5) is 8.68. The maximum atomic E-state index is 6.04. The molecule has 23 heavy (non-hydrogen) atoms. The van der Waals surface area contributed by atoms with Crippen LogP contribution in [0.1, 0.15) is 23.6 Å². The van der Waals surface area contributed by atoms with Crippen molar-refractivity contribution in [3.8, 4) is 0 Å². The molecule has 1 aliphatic rings. The molecule has 1 unspecified atom stereocenters. The largest absolute Gasteiger partial charge is 0.383 e. The Labute approximate surface area is 135 Å². The number of benzene rings is 2. The summed E-state index contributed by atoms with van der Waals surface area (Å²) in [5.41, 5.74) is 10.8. The molecule has 1 aromatic heterocycles. The van der Waals surface area contributed by atoms with Crippen molar-refractivity contribution < 1.29 is 0 Å². The number of nitrogens with two attached hydrogens (primary N) is 1. The van der Waals surface area contributed by atoms with Crippen LogP contribution in [0, 0.1) is 5.92 Å². The minimum atomic E-state index is 0.552. The van der Waals surface area contributed by atoms with Crippen molar-refractivity contribution in [2.45, 2.75) is 19.8 Å². The molecule has 0 saturated heterocycles. The van der Waals surface area contributed by atoms with Crippen molar-refractivity contribution in [2.24, 2.45) is 16.6 Å². The number of pyridine rings is 1. The van der Waals surface area contributed by atoms with Crippen molar-refractivity contribution >= 4 is 22.3 Å². The standard InChI is InChI=1S/C20H19N3/c1-13(10-14-4-3-9-22-12-14)11-15-7-8-18-19-16(15)5-2-6-17(19)20(21)23-18/h2-9,12-13H,10-11H2,1H3,(H2,21,23). The molecule has 0 saturated carbocycles. The molecule has 0 radical (unpaired) electrons. The molecular weight excluding hydrogens is 282 g/mol. The number of nitrogens with zero attached hydrogens (tertiary/aromatic N) is 2. The molecule has 114 valence electrons. The number of hydrogen-bond donors (Lipinski definition) is 1. The van der Waals surface area contributed by atoms with E-state index in [0.717, 1.165) is 24.1 Å². The van der Waals surface area contributed by atoms with E-state index in [1.807, 2.05) is 18.5 Å². The van der Waals surface area contributed by atoms with E-state index >= 15 is 0 Å². The highest BCUT2D eigenvalue weighted by Gasteiger charge is 2.18. The first kappa shape index (κ1) is 13.9. The Morgan fingerprint density at radius 3 is 2.78 bits per heavy atom. The molecular formula is C20H19N3. The Balaban J connectivity index is 1.65. The fourth-order valence-electron chi connectivity index (χ4n) is 3.49. The Morgan fingerprint density at radius 1 is 1.04 bits per heavy atom. The lowest BCUT2D eigenvalue weighted by Gasteiger charge is -2.14. The van der Waals surface area contributed by atoms with Gasteiger partial charge in [-0.3, -0.25) is 4.98 Å². The molecule has 1 atom stereocenters. The molecule has 2 heterocycles. The van der Waals surface area contributed by atoms with Crippen LogP contribution in [-0.4, -0.2) is 10.8 Å². The number of rotatable bonds is 4. The van der Waals surface area contributed by atoms with Gasteiger partial charge in [0.1, 0.15) is 5.84 Å². The van der Waals surface area contributed by atoms with Gasteiger partial charge in [-0.15, -0.1) is 0 Å². The number of aromatic nitrogens is 1. The third-order valence-corrected chi connectivity index (χ3v) is 4.50. The van der Waals surface area contributed by atoms with Gasteiger partial charge in [-0.05, 0) is 47.4 Å². The zero-order valence-electron chi connectivity index (χ0n) is 13.2. The number of aliphatic imine (C=N–C) groups is 1. The summed E-state index contributed by atoms with van der Waals surface area (Å²) in [7, 11) is 0. The van der Waals surface area contributed by atoms with E-state index < -0.39 is 0 Å². The van der Waals surface area contributed by atoms with E-state index in [1.54, 1.807) is 0 Å². The smallest absolute Gasteiger partial charge is 0.132 e. The van der Waals surface area contributed by atoms with Crippen LogP contribution >= 0.6 is 0 Å². The van der Waals surface area contributed by atoms with Crippen LogP contribution in [0.2, 0.25) is 0 Å². The quantitative estimate of drug-likeness (QED) is 0.791. The van der Waals surface area contributed by atoms with Gasteiger partial charge in [-0.2, -0.15) is 0 Å². The van der Waals surface area contributed by atoms with Gasteiger partial charge in [-0.25, -0.2) is 4.99 Å². The number of hydrogen-bond acceptors (Lipinski definition) is 3. The van der Waals surface area contributed by atoms with Crippen molar-refractivity contribution in [3.63, 3.8) is 0 Å². The fraction of sp³-hybridized carbons (Fsp3) is 0.200. The Kier molecular flexibility index (Phi) is 3.34. The second-order valence-electron chi connectivity index (χ2n) is 6.34. The predicted molar refractivity (Wildman–Crippen MR) is 95.1 cm³/mol. The molecule has 0 amide bonds. The molecule has 0 fully saturated rings. The Bertz CT molecular complexity index is 897. The molecule has 2 aromatic carbocycles. The van der Waals surface area contributed by atoms with Gasteiger partial charge in [0.2, 0.25) is 0 Å². The summed E-state index contributed by atoms with van der Waals surface area (Å²) in [6, 6.07) is 14.8. The van der Waals surface area contributed by atoms with Gasteiger partial charge in [0.05, 0.1) is 5.69 Å². The third-order valence-electron chi connectivity index (χ3n) is 4.50. The molecule has 0 aliphatic carbocycles. The molecule has 0 bridgehead atoms. The summed E-state index contributed by atoms with van der Waals surface area (Å²) in [5.74, 6) is 1.18. The highest BCUT2D eigenvalue weighted by atomic mass is 14.9. The van der Waals surface area contributed by atoms with Crippen LogP contribution in [-0.2, 0) is 12.8 Å². The fourth-order valence-corrected chi connectivity index (χ4v) is 3.49. The minimum absolute atomic E-state index is 0.552. The van der Waals surface area contributed by atoms with Gasteiger partial charge < -0.3 is 5.73 Å². The highest BCUT2D eigenvalue weighted by molar-refractivity contribution is 6.18. The van der Waals surface area contributed by atoms with Crippen LogP contribution in [0.4, 0.5) is 5.69 Å². The summed E-state index contributed by atoms with van der Waals surface area (Å²) in [6.07, 6.45) is 5.85. The normalized spacial score (nSPS) is 14.0. The monoisotopic (exact) mass is 301 g/mol. The summed E-state index contributed by atoms with van der Waals surface area (Å²) in [6.45, 7) is 2.29. The van der Waals surface area contributed by atoms with Crippen LogP contribution in [0.5, 0.6) is 0 Å². The van der Waals surface area contributed by atoms with Crippen LogP contribution < -0.4 is 5.73 Å². The van der Waals surface area contributed by atoms with Gasteiger partial charge >= 0.3 is 0 Å². The first-order valence-electron chi connectivity index (χ1n) is 8.00. The first-order chi connectivity index (χ1) is 11.2. The van der Waals surface area contributed by atoms with Crippen LogP contribution in [0.15, 0.2) is 59.9 Å². The Morgan fingerprint density at radius 2 is 1.96 bits per heavy atom. The molecule has 2 N–H and O–H groups in total. The summed E-state index contributed by atoms with van der Waals surface area (Å²) in [5, 5.41) is 2.48. The Hall–Kier alpha value is -2.68. The van der Waals surface area contributed by atoms with E-state index in [4.69, 9.17) is 5.73 Å². The van der Waals surface area contributed by atoms with Gasteiger partial charge in [0.25, 0.3) is 0 Å². The molecule has 3 nitrogen and oxygen atoms in total. The minimum Gasteiger partial charge on any atom is -0.383 e. The second kappa shape index (κ2) is 5.51. The highest BCUT2D eigenvalue weighted by Crippen LogP contribution is 2.37. The lowest BCUT2D eigenvalue weighted by molar-refractivity contribution is 0.578. The zero-order chi connectivity index (χ0) is 15.8. The van der Waals surface area contributed by atoms with Gasteiger partial charge in [0.15, 0.2) is 0 Å².